The highest BCUT2D eigenvalue weighted by atomic mass is 35.5. The van der Waals surface area contributed by atoms with Crippen LogP contribution in [0.1, 0.15) is 13.3 Å². The lowest BCUT2D eigenvalue weighted by Crippen LogP contribution is -2.26. The zero-order valence-corrected chi connectivity index (χ0v) is 10.5. The third kappa shape index (κ3) is 3.32. The van der Waals surface area contributed by atoms with Crippen molar-refractivity contribution in [1.82, 2.24) is 0 Å². The zero-order chi connectivity index (χ0) is 13.1. The van der Waals surface area contributed by atoms with Gasteiger partial charge in [0.2, 0.25) is 10.0 Å². The molecule has 0 heterocycles. The Morgan fingerprint density at radius 3 is 2.76 bits per heavy atom. The quantitative estimate of drug-likeness (QED) is 0.919. The Morgan fingerprint density at radius 1 is 1.59 bits per heavy atom. The molecule has 0 saturated carbocycles. The summed E-state index contributed by atoms with van der Waals surface area (Å²) in [5, 5.41) is 7.57. The molecule has 0 aromatic heterocycles. The topological polar surface area (TPSA) is 70.0 Å². The highest BCUT2D eigenvalue weighted by Crippen LogP contribution is 2.24. The number of hydrogen-bond acceptors (Lipinski definition) is 3. The number of rotatable bonds is 4. The molecule has 0 aliphatic heterocycles. The van der Waals surface area contributed by atoms with Crippen LogP contribution in [0.3, 0.4) is 0 Å². The minimum absolute atomic E-state index is 0.0691. The summed E-state index contributed by atoms with van der Waals surface area (Å²) in [6.07, 6.45) is 0.138. The van der Waals surface area contributed by atoms with Gasteiger partial charge in [-0.05, 0) is 24.6 Å². The predicted molar refractivity (Wildman–Crippen MR) is 63.6 cm³/mol. The minimum Gasteiger partial charge on any atom is -0.281 e. The average molecular weight is 277 g/mol. The molecule has 1 atom stereocenters. The molecule has 0 aliphatic rings. The SMILES string of the molecule is CCC(C#N)S(=O)(=O)Nc1cc(F)ccc1Cl. The van der Waals surface area contributed by atoms with Crippen molar-refractivity contribution in [2.75, 3.05) is 4.72 Å². The van der Waals surface area contributed by atoms with E-state index in [9.17, 15) is 12.8 Å². The summed E-state index contributed by atoms with van der Waals surface area (Å²) < 4.78 is 38.5. The van der Waals surface area contributed by atoms with E-state index in [-0.39, 0.29) is 17.1 Å². The van der Waals surface area contributed by atoms with Gasteiger partial charge in [-0.1, -0.05) is 18.5 Å². The smallest absolute Gasteiger partial charge is 0.249 e. The second-order valence-corrected chi connectivity index (χ2v) is 5.57. The van der Waals surface area contributed by atoms with Gasteiger partial charge in [-0.25, -0.2) is 12.8 Å². The fraction of sp³-hybridized carbons (Fsp3) is 0.300. The van der Waals surface area contributed by atoms with Gasteiger partial charge < -0.3 is 0 Å². The Labute approximate surface area is 104 Å². The van der Waals surface area contributed by atoms with E-state index in [1.807, 2.05) is 0 Å². The summed E-state index contributed by atoms with van der Waals surface area (Å²) in [7, 11) is -3.88. The summed E-state index contributed by atoms with van der Waals surface area (Å²) in [6, 6.07) is 4.97. The zero-order valence-electron chi connectivity index (χ0n) is 8.94. The molecule has 0 saturated heterocycles. The van der Waals surface area contributed by atoms with Crippen LogP contribution in [-0.4, -0.2) is 13.7 Å². The van der Waals surface area contributed by atoms with Crippen molar-refractivity contribution in [1.29, 1.82) is 5.26 Å². The normalized spacial score (nSPS) is 12.8. The van der Waals surface area contributed by atoms with Crippen molar-refractivity contribution in [3.05, 3.63) is 29.0 Å². The minimum atomic E-state index is -3.88. The number of nitriles is 1. The monoisotopic (exact) mass is 276 g/mol. The Bertz CT molecular complexity index is 554. The van der Waals surface area contributed by atoms with Gasteiger partial charge in [0, 0.05) is 0 Å². The van der Waals surface area contributed by atoms with Gasteiger partial charge in [0.1, 0.15) is 5.82 Å². The summed E-state index contributed by atoms with van der Waals surface area (Å²) in [5.41, 5.74) is -0.0691. The molecule has 0 aliphatic carbocycles. The summed E-state index contributed by atoms with van der Waals surface area (Å²) >= 11 is 5.72. The van der Waals surface area contributed by atoms with E-state index < -0.39 is 21.1 Å². The fourth-order valence-electron chi connectivity index (χ4n) is 1.18. The van der Waals surface area contributed by atoms with Crippen molar-refractivity contribution in [2.24, 2.45) is 0 Å². The van der Waals surface area contributed by atoms with Crippen molar-refractivity contribution < 1.29 is 12.8 Å². The van der Waals surface area contributed by atoms with Crippen LogP contribution < -0.4 is 4.72 Å². The van der Waals surface area contributed by atoms with Crippen LogP contribution >= 0.6 is 11.6 Å². The summed E-state index contributed by atoms with van der Waals surface area (Å²) in [5.74, 6) is -0.614. The molecule has 0 fully saturated rings. The Morgan fingerprint density at radius 2 is 2.24 bits per heavy atom. The predicted octanol–water partition coefficient (Wildman–Crippen LogP) is 2.52. The van der Waals surface area contributed by atoms with Gasteiger partial charge >= 0.3 is 0 Å². The molecule has 1 unspecified atom stereocenters. The van der Waals surface area contributed by atoms with Gasteiger partial charge in [0.05, 0.1) is 16.8 Å². The number of nitrogens with zero attached hydrogens (tertiary/aromatic N) is 1. The number of nitrogens with one attached hydrogen (secondary N) is 1. The Hall–Kier alpha value is -1.32. The first-order valence-electron chi connectivity index (χ1n) is 4.77. The lowest BCUT2D eigenvalue weighted by atomic mass is 10.3. The van der Waals surface area contributed by atoms with Crippen molar-refractivity contribution in [2.45, 2.75) is 18.6 Å². The van der Waals surface area contributed by atoms with Crippen LogP contribution in [0.2, 0.25) is 5.02 Å². The number of sulfonamides is 1. The van der Waals surface area contributed by atoms with Gasteiger partial charge in [0.15, 0.2) is 5.25 Å². The number of halogens is 2. The largest absolute Gasteiger partial charge is 0.281 e. The van der Waals surface area contributed by atoms with Crippen LogP contribution in [0.4, 0.5) is 10.1 Å². The molecule has 1 N–H and O–H groups in total. The Kier molecular flexibility index (Phi) is 4.32. The van der Waals surface area contributed by atoms with Crippen molar-refractivity contribution in [3.63, 3.8) is 0 Å². The van der Waals surface area contributed by atoms with Crippen LogP contribution in [0.5, 0.6) is 0 Å². The third-order valence-electron chi connectivity index (χ3n) is 2.07. The maximum Gasteiger partial charge on any atom is 0.249 e. The summed E-state index contributed by atoms with van der Waals surface area (Å²) in [4.78, 5) is 0. The fourth-order valence-corrected chi connectivity index (χ4v) is 2.60. The third-order valence-corrected chi connectivity index (χ3v) is 4.09. The molecule has 0 spiro atoms. The molecule has 92 valence electrons. The second kappa shape index (κ2) is 5.34. The molecule has 0 radical (unpaired) electrons. The second-order valence-electron chi connectivity index (χ2n) is 3.30. The first kappa shape index (κ1) is 13.7. The highest BCUT2D eigenvalue weighted by Gasteiger charge is 2.24. The molecule has 4 nitrogen and oxygen atoms in total. The molecule has 17 heavy (non-hydrogen) atoms. The number of benzene rings is 1. The van der Waals surface area contributed by atoms with E-state index in [1.165, 1.54) is 6.07 Å². The van der Waals surface area contributed by atoms with Crippen LogP contribution in [0.25, 0.3) is 0 Å². The van der Waals surface area contributed by atoms with E-state index in [1.54, 1.807) is 13.0 Å². The van der Waals surface area contributed by atoms with Crippen LogP contribution in [-0.2, 0) is 10.0 Å². The molecule has 1 rings (SSSR count). The molecule has 0 amide bonds. The number of anilines is 1. The first-order valence-corrected chi connectivity index (χ1v) is 6.69. The van der Waals surface area contributed by atoms with E-state index in [0.29, 0.717) is 0 Å². The number of hydrogen-bond donors (Lipinski definition) is 1. The van der Waals surface area contributed by atoms with Crippen LogP contribution in [0, 0.1) is 17.1 Å². The average Bonchev–Trinajstić information content (AvgIpc) is 2.24. The standard InChI is InChI=1S/C10H10ClFN2O2S/c1-2-8(6-13)17(15,16)14-10-5-7(12)3-4-9(10)11/h3-5,8,14H,2H2,1H3. The maximum atomic E-state index is 12.9. The van der Waals surface area contributed by atoms with Gasteiger partial charge in [-0.15, -0.1) is 0 Å². The molecule has 0 bridgehead atoms. The van der Waals surface area contributed by atoms with Gasteiger partial charge in [-0.3, -0.25) is 4.72 Å². The molecular weight excluding hydrogens is 267 g/mol. The van der Waals surface area contributed by atoms with E-state index in [2.05, 4.69) is 4.72 Å². The van der Waals surface area contributed by atoms with E-state index in [4.69, 9.17) is 16.9 Å². The van der Waals surface area contributed by atoms with Gasteiger partial charge in [0.25, 0.3) is 0 Å². The molecule has 1 aromatic carbocycles. The van der Waals surface area contributed by atoms with Crippen molar-refractivity contribution >= 4 is 27.3 Å². The lowest BCUT2D eigenvalue weighted by Gasteiger charge is -2.12. The van der Waals surface area contributed by atoms with Gasteiger partial charge in [-0.2, -0.15) is 5.26 Å². The van der Waals surface area contributed by atoms with Crippen molar-refractivity contribution in [3.8, 4) is 6.07 Å². The molecular formula is C10H10ClFN2O2S. The summed E-state index contributed by atoms with van der Waals surface area (Å²) in [6.45, 7) is 1.57. The van der Waals surface area contributed by atoms with Crippen LogP contribution in [0.15, 0.2) is 18.2 Å². The van der Waals surface area contributed by atoms with E-state index in [0.717, 1.165) is 12.1 Å². The van der Waals surface area contributed by atoms with E-state index >= 15 is 0 Å². The molecule has 7 heteroatoms. The first-order chi connectivity index (χ1) is 7.90. The Balaban J connectivity index is 3.06. The lowest BCUT2D eigenvalue weighted by molar-refractivity contribution is 0.592. The maximum absolute atomic E-state index is 12.9. The molecule has 1 aromatic rings. The highest BCUT2D eigenvalue weighted by molar-refractivity contribution is 7.93.